The Hall–Kier alpha value is -2.50. The quantitative estimate of drug-likeness (QED) is 0.863. The van der Waals surface area contributed by atoms with Crippen LogP contribution in [0.15, 0.2) is 42.7 Å². The monoisotopic (exact) mass is 301 g/mol. The predicted octanol–water partition coefficient (Wildman–Crippen LogP) is 1.74. The molecule has 0 bridgehead atoms. The van der Waals surface area contributed by atoms with Gasteiger partial charge in [0, 0.05) is 19.4 Å². The maximum Gasteiger partial charge on any atom is 0.247 e. The summed E-state index contributed by atoms with van der Waals surface area (Å²) in [6, 6.07) is 9.02. The third kappa shape index (κ3) is 2.90. The normalized spacial score (nSPS) is 17.8. The van der Waals surface area contributed by atoms with E-state index in [0.717, 1.165) is 11.5 Å². The first-order valence-corrected chi connectivity index (χ1v) is 7.27. The highest BCUT2D eigenvalue weighted by Gasteiger charge is 2.26. The number of amides is 1. The average molecular weight is 301 g/mol. The Morgan fingerprint density at radius 2 is 2.18 bits per heavy atom. The summed E-state index contributed by atoms with van der Waals surface area (Å²) in [5, 5.41) is 4.11. The van der Waals surface area contributed by atoms with E-state index >= 15 is 0 Å². The Balaban J connectivity index is 1.60. The van der Waals surface area contributed by atoms with Crippen LogP contribution >= 0.6 is 0 Å². The number of hydrogen-bond donors (Lipinski definition) is 0. The lowest BCUT2D eigenvalue weighted by molar-refractivity contribution is -0.134. The molecule has 1 aliphatic heterocycles. The number of aromatic nitrogens is 2. The third-order valence-electron chi connectivity index (χ3n) is 3.70. The Bertz CT molecular complexity index is 642. The van der Waals surface area contributed by atoms with Crippen molar-refractivity contribution in [3.05, 3.63) is 42.7 Å². The number of hydrogen-bond acceptors (Lipinski definition) is 4. The maximum absolute atomic E-state index is 12.4. The van der Waals surface area contributed by atoms with Gasteiger partial charge < -0.3 is 14.4 Å². The van der Waals surface area contributed by atoms with Crippen molar-refractivity contribution in [1.29, 1.82) is 0 Å². The first kappa shape index (κ1) is 14.4. The Labute approximate surface area is 129 Å². The highest BCUT2D eigenvalue weighted by Crippen LogP contribution is 2.31. The molecule has 116 valence electrons. The molecule has 0 fully saturated rings. The summed E-state index contributed by atoms with van der Waals surface area (Å²) in [6.45, 7) is 2.74. The number of carbonyl (C=O) groups is 1. The lowest BCUT2D eigenvalue weighted by atomic mass is 10.2. The number of carbonyl (C=O) groups excluding carboxylic acids is 1. The fourth-order valence-electron chi connectivity index (χ4n) is 2.49. The molecule has 1 aromatic heterocycles. The van der Waals surface area contributed by atoms with E-state index in [1.807, 2.05) is 31.2 Å². The molecule has 6 heteroatoms. The van der Waals surface area contributed by atoms with E-state index in [1.165, 1.54) is 0 Å². The summed E-state index contributed by atoms with van der Waals surface area (Å²) in [5.41, 5.74) is 0. The molecule has 0 radical (unpaired) electrons. The maximum atomic E-state index is 12.4. The average Bonchev–Trinajstić information content (AvgIpc) is 3.07. The van der Waals surface area contributed by atoms with E-state index in [2.05, 4.69) is 5.10 Å². The minimum atomic E-state index is -0.336. The second-order valence-corrected chi connectivity index (χ2v) is 5.38. The highest BCUT2D eigenvalue weighted by molar-refractivity contribution is 5.79. The second kappa shape index (κ2) is 6.09. The van der Waals surface area contributed by atoms with Gasteiger partial charge in [-0.2, -0.15) is 5.10 Å². The van der Waals surface area contributed by atoms with Crippen LogP contribution in [0.25, 0.3) is 0 Å². The topological polar surface area (TPSA) is 56.6 Å². The van der Waals surface area contributed by atoms with Crippen molar-refractivity contribution >= 4 is 5.91 Å². The van der Waals surface area contributed by atoms with Gasteiger partial charge in [0.1, 0.15) is 12.6 Å². The van der Waals surface area contributed by atoms with Crippen molar-refractivity contribution in [3.63, 3.8) is 0 Å². The summed E-state index contributed by atoms with van der Waals surface area (Å²) < 4.78 is 13.2. The number of benzene rings is 1. The molecular formula is C16H19N3O3. The van der Waals surface area contributed by atoms with Crippen LogP contribution in [-0.2, 0) is 4.79 Å². The van der Waals surface area contributed by atoms with Crippen molar-refractivity contribution in [2.24, 2.45) is 0 Å². The lowest BCUT2D eigenvalue weighted by Crippen LogP contribution is -2.43. The van der Waals surface area contributed by atoms with Crippen LogP contribution in [0.3, 0.4) is 0 Å². The van der Waals surface area contributed by atoms with Gasteiger partial charge in [0.05, 0.1) is 6.54 Å². The van der Waals surface area contributed by atoms with Crippen LogP contribution in [0.5, 0.6) is 11.5 Å². The number of fused-ring (bicyclic) bond motifs is 1. The molecule has 2 atom stereocenters. The van der Waals surface area contributed by atoms with Gasteiger partial charge in [0.15, 0.2) is 17.6 Å². The number of likely N-dealkylation sites (N-methyl/N-ethyl adjacent to an activating group) is 1. The van der Waals surface area contributed by atoms with Gasteiger partial charge in [-0.15, -0.1) is 0 Å². The minimum absolute atomic E-state index is 0.00819. The lowest BCUT2D eigenvalue weighted by Gasteiger charge is -2.30. The van der Waals surface area contributed by atoms with E-state index in [1.54, 1.807) is 35.1 Å². The SMILES string of the molecule is C[C@H](C(=O)N(C)C[C@@H]1COc2ccccc2O1)n1cccn1. The van der Waals surface area contributed by atoms with Crippen LogP contribution in [0.4, 0.5) is 0 Å². The highest BCUT2D eigenvalue weighted by atomic mass is 16.6. The second-order valence-electron chi connectivity index (χ2n) is 5.38. The Morgan fingerprint density at radius 3 is 2.91 bits per heavy atom. The molecular weight excluding hydrogens is 282 g/mol. The van der Waals surface area contributed by atoms with Gasteiger partial charge in [0.25, 0.3) is 0 Å². The van der Waals surface area contributed by atoms with E-state index in [9.17, 15) is 4.79 Å². The summed E-state index contributed by atoms with van der Waals surface area (Å²) in [6.07, 6.45) is 3.28. The van der Waals surface area contributed by atoms with E-state index in [0.29, 0.717) is 13.2 Å². The van der Waals surface area contributed by atoms with Gasteiger partial charge in [-0.05, 0) is 25.1 Å². The van der Waals surface area contributed by atoms with Crippen LogP contribution in [0.1, 0.15) is 13.0 Å². The van der Waals surface area contributed by atoms with Crippen molar-refractivity contribution in [1.82, 2.24) is 14.7 Å². The first-order valence-electron chi connectivity index (χ1n) is 7.27. The number of ether oxygens (including phenoxy) is 2. The van der Waals surface area contributed by atoms with Gasteiger partial charge in [-0.25, -0.2) is 0 Å². The zero-order chi connectivity index (χ0) is 15.5. The molecule has 1 aliphatic rings. The van der Waals surface area contributed by atoms with Crippen molar-refractivity contribution in [2.75, 3.05) is 20.2 Å². The van der Waals surface area contributed by atoms with Crippen LogP contribution in [0.2, 0.25) is 0 Å². The molecule has 0 unspecified atom stereocenters. The van der Waals surface area contributed by atoms with Crippen LogP contribution in [0, 0.1) is 0 Å². The smallest absolute Gasteiger partial charge is 0.247 e. The van der Waals surface area contributed by atoms with E-state index in [-0.39, 0.29) is 18.1 Å². The zero-order valence-electron chi connectivity index (χ0n) is 12.7. The molecule has 3 rings (SSSR count). The van der Waals surface area contributed by atoms with Crippen LogP contribution < -0.4 is 9.47 Å². The van der Waals surface area contributed by atoms with E-state index < -0.39 is 0 Å². The fraction of sp³-hybridized carbons (Fsp3) is 0.375. The zero-order valence-corrected chi connectivity index (χ0v) is 12.7. The number of nitrogens with zero attached hydrogens (tertiary/aromatic N) is 3. The summed E-state index contributed by atoms with van der Waals surface area (Å²) in [5.74, 6) is 1.46. The molecule has 6 nitrogen and oxygen atoms in total. The van der Waals surface area contributed by atoms with Gasteiger partial charge >= 0.3 is 0 Å². The fourth-order valence-corrected chi connectivity index (χ4v) is 2.49. The van der Waals surface area contributed by atoms with Gasteiger partial charge in [-0.1, -0.05) is 12.1 Å². The number of para-hydroxylation sites is 2. The molecule has 22 heavy (non-hydrogen) atoms. The Kier molecular flexibility index (Phi) is 4.00. The Morgan fingerprint density at radius 1 is 1.41 bits per heavy atom. The van der Waals surface area contributed by atoms with Gasteiger partial charge in [-0.3, -0.25) is 9.48 Å². The van der Waals surface area contributed by atoms with Crippen LogP contribution in [-0.4, -0.2) is 46.9 Å². The molecule has 0 saturated heterocycles. The third-order valence-corrected chi connectivity index (χ3v) is 3.70. The van der Waals surface area contributed by atoms with Crippen molar-refractivity contribution in [3.8, 4) is 11.5 Å². The molecule has 0 saturated carbocycles. The summed E-state index contributed by atoms with van der Waals surface area (Å²) in [7, 11) is 1.77. The first-order chi connectivity index (χ1) is 10.6. The molecule has 2 heterocycles. The standard InChI is InChI=1S/C16H19N3O3/c1-12(19-9-5-8-17-19)16(20)18(2)10-13-11-21-14-6-3-4-7-15(14)22-13/h3-9,12-13H,10-11H2,1-2H3/t12-,13-/m1/s1. The molecule has 0 N–H and O–H groups in total. The molecule has 1 aromatic carbocycles. The van der Waals surface area contributed by atoms with E-state index in [4.69, 9.17) is 9.47 Å². The largest absolute Gasteiger partial charge is 0.486 e. The predicted molar refractivity (Wildman–Crippen MR) is 80.9 cm³/mol. The molecule has 0 spiro atoms. The van der Waals surface area contributed by atoms with Crippen molar-refractivity contribution in [2.45, 2.75) is 19.1 Å². The summed E-state index contributed by atoms with van der Waals surface area (Å²) >= 11 is 0. The number of rotatable bonds is 4. The molecule has 2 aromatic rings. The molecule has 0 aliphatic carbocycles. The molecule has 1 amide bonds. The van der Waals surface area contributed by atoms with Gasteiger partial charge in [0.2, 0.25) is 5.91 Å². The minimum Gasteiger partial charge on any atom is -0.486 e. The van der Waals surface area contributed by atoms with Crippen molar-refractivity contribution < 1.29 is 14.3 Å². The summed E-state index contributed by atoms with van der Waals surface area (Å²) in [4.78, 5) is 14.1.